The SMILES string of the molecule is NC[C@H]1CCCN1C(=O)Cc1cccc(Cl)c1. The van der Waals surface area contributed by atoms with Crippen molar-refractivity contribution in [1.82, 2.24) is 4.90 Å². The van der Waals surface area contributed by atoms with E-state index in [0.717, 1.165) is 24.9 Å². The molecule has 3 nitrogen and oxygen atoms in total. The number of nitrogens with zero attached hydrogens (tertiary/aromatic N) is 1. The van der Waals surface area contributed by atoms with E-state index in [1.54, 1.807) is 0 Å². The number of hydrogen-bond acceptors (Lipinski definition) is 2. The van der Waals surface area contributed by atoms with Gasteiger partial charge in [-0.3, -0.25) is 4.79 Å². The minimum atomic E-state index is 0.153. The summed E-state index contributed by atoms with van der Waals surface area (Å²) in [6, 6.07) is 7.68. The van der Waals surface area contributed by atoms with E-state index >= 15 is 0 Å². The van der Waals surface area contributed by atoms with Crippen LogP contribution < -0.4 is 5.73 Å². The van der Waals surface area contributed by atoms with E-state index in [-0.39, 0.29) is 11.9 Å². The summed E-state index contributed by atoms with van der Waals surface area (Å²) in [5, 5.41) is 0.673. The Balaban J connectivity index is 2.01. The molecule has 2 N–H and O–H groups in total. The second kappa shape index (κ2) is 5.52. The Hall–Kier alpha value is -1.06. The average molecular weight is 253 g/mol. The molecule has 1 amide bonds. The Morgan fingerprint density at radius 1 is 1.53 bits per heavy atom. The standard InChI is InChI=1S/C13H17ClN2O/c14-11-4-1-3-10(7-11)8-13(17)16-6-2-5-12(16)9-15/h1,3-4,7,12H,2,5-6,8-9,15H2/t12-/m1/s1. The van der Waals surface area contributed by atoms with Crippen molar-refractivity contribution in [3.05, 3.63) is 34.9 Å². The number of carbonyl (C=O) groups excluding carboxylic acids is 1. The number of amides is 1. The van der Waals surface area contributed by atoms with Crippen molar-refractivity contribution in [2.45, 2.75) is 25.3 Å². The summed E-state index contributed by atoms with van der Waals surface area (Å²) >= 11 is 5.90. The van der Waals surface area contributed by atoms with Crippen molar-refractivity contribution in [3.8, 4) is 0 Å². The quantitative estimate of drug-likeness (QED) is 0.892. The van der Waals surface area contributed by atoms with Crippen LogP contribution in [0.3, 0.4) is 0 Å². The van der Waals surface area contributed by atoms with E-state index in [4.69, 9.17) is 17.3 Å². The summed E-state index contributed by atoms with van der Waals surface area (Å²) in [5.74, 6) is 0.153. The molecule has 0 aromatic heterocycles. The third-order valence-corrected chi connectivity index (χ3v) is 3.45. The van der Waals surface area contributed by atoms with E-state index in [0.29, 0.717) is 18.0 Å². The summed E-state index contributed by atoms with van der Waals surface area (Å²) in [5.41, 5.74) is 6.63. The van der Waals surface area contributed by atoms with E-state index < -0.39 is 0 Å². The second-order valence-corrected chi connectivity index (χ2v) is 4.86. The van der Waals surface area contributed by atoms with Gasteiger partial charge >= 0.3 is 0 Å². The molecule has 1 aliphatic heterocycles. The van der Waals surface area contributed by atoms with Crippen LogP contribution in [0.5, 0.6) is 0 Å². The topological polar surface area (TPSA) is 46.3 Å². The average Bonchev–Trinajstić information content (AvgIpc) is 2.77. The number of halogens is 1. The molecule has 2 rings (SSSR count). The molecule has 1 fully saturated rings. The van der Waals surface area contributed by atoms with E-state index in [2.05, 4.69) is 0 Å². The molecule has 0 unspecified atom stereocenters. The predicted molar refractivity (Wildman–Crippen MR) is 68.9 cm³/mol. The van der Waals surface area contributed by atoms with E-state index in [1.165, 1.54) is 0 Å². The molecule has 92 valence electrons. The zero-order valence-corrected chi connectivity index (χ0v) is 10.5. The maximum atomic E-state index is 12.1. The Morgan fingerprint density at radius 2 is 2.35 bits per heavy atom. The lowest BCUT2D eigenvalue weighted by molar-refractivity contribution is -0.131. The number of hydrogen-bond donors (Lipinski definition) is 1. The van der Waals surface area contributed by atoms with Crippen LogP contribution in [0.25, 0.3) is 0 Å². The van der Waals surface area contributed by atoms with Gasteiger partial charge in [0.05, 0.1) is 6.42 Å². The maximum absolute atomic E-state index is 12.1. The lowest BCUT2D eigenvalue weighted by Crippen LogP contribution is -2.40. The van der Waals surface area contributed by atoms with Crippen LogP contribution >= 0.6 is 11.6 Å². The normalized spacial score (nSPS) is 19.6. The molecular formula is C13H17ClN2O. The third-order valence-electron chi connectivity index (χ3n) is 3.21. The molecule has 0 spiro atoms. The smallest absolute Gasteiger partial charge is 0.227 e. The predicted octanol–water partition coefficient (Wildman–Crippen LogP) is 1.83. The first kappa shape index (κ1) is 12.4. The molecule has 1 heterocycles. The summed E-state index contributed by atoms with van der Waals surface area (Å²) in [6.07, 6.45) is 2.50. The number of nitrogens with two attached hydrogens (primary N) is 1. The Labute approximate surface area is 107 Å². The zero-order chi connectivity index (χ0) is 12.3. The fourth-order valence-electron chi connectivity index (χ4n) is 2.33. The Morgan fingerprint density at radius 3 is 3.06 bits per heavy atom. The van der Waals surface area contributed by atoms with Gasteiger partial charge in [0.2, 0.25) is 5.91 Å². The highest BCUT2D eigenvalue weighted by Gasteiger charge is 2.27. The van der Waals surface area contributed by atoms with Crippen molar-refractivity contribution in [2.24, 2.45) is 5.73 Å². The summed E-state index contributed by atoms with van der Waals surface area (Å²) < 4.78 is 0. The van der Waals surface area contributed by atoms with Gasteiger partial charge in [0, 0.05) is 24.2 Å². The summed E-state index contributed by atoms with van der Waals surface area (Å²) in [4.78, 5) is 14.0. The monoisotopic (exact) mass is 252 g/mol. The first-order valence-electron chi connectivity index (χ1n) is 5.94. The van der Waals surface area contributed by atoms with Gasteiger partial charge in [-0.05, 0) is 30.5 Å². The van der Waals surface area contributed by atoms with Gasteiger partial charge in [-0.25, -0.2) is 0 Å². The molecule has 1 aromatic carbocycles. The van der Waals surface area contributed by atoms with E-state index in [1.807, 2.05) is 29.2 Å². The van der Waals surface area contributed by atoms with Gasteiger partial charge in [-0.2, -0.15) is 0 Å². The maximum Gasteiger partial charge on any atom is 0.227 e. The van der Waals surface area contributed by atoms with Gasteiger partial charge in [0.25, 0.3) is 0 Å². The van der Waals surface area contributed by atoms with Crippen LogP contribution in [-0.2, 0) is 11.2 Å². The number of carbonyl (C=O) groups is 1. The van der Waals surface area contributed by atoms with Gasteiger partial charge in [0.1, 0.15) is 0 Å². The van der Waals surface area contributed by atoms with Crippen molar-refractivity contribution in [2.75, 3.05) is 13.1 Å². The van der Waals surface area contributed by atoms with Crippen molar-refractivity contribution in [1.29, 1.82) is 0 Å². The van der Waals surface area contributed by atoms with Crippen molar-refractivity contribution < 1.29 is 4.79 Å². The lowest BCUT2D eigenvalue weighted by atomic mass is 10.1. The van der Waals surface area contributed by atoms with Crippen LogP contribution in [0.4, 0.5) is 0 Å². The van der Waals surface area contributed by atoms with Gasteiger partial charge < -0.3 is 10.6 Å². The molecule has 17 heavy (non-hydrogen) atoms. The number of likely N-dealkylation sites (tertiary alicyclic amines) is 1. The lowest BCUT2D eigenvalue weighted by Gasteiger charge is -2.23. The second-order valence-electron chi connectivity index (χ2n) is 4.43. The zero-order valence-electron chi connectivity index (χ0n) is 9.73. The van der Waals surface area contributed by atoms with E-state index in [9.17, 15) is 4.79 Å². The molecule has 1 aromatic rings. The first-order chi connectivity index (χ1) is 8.20. The molecule has 1 aliphatic rings. The highest BCUT2D eigenvalue weighted by atomic mass is 35.5. The fourth-order valence-corrected chi connectivity index (χ4v) is 2.55. The first-order valence-corrected chi connectivity index (χ1v) is 6.32. The molecule has 1 saturated heterocycles. The number of benzene rings is 1. The van der Waals surface area contributed by atoms with Crippen LogP contribution in [0, 0.1) is 0 Å². The molecule has 0 saturated carbocycles. The minimum absolute atomic E-state index is 0.153. The van der Waals surface area contributed by atoms with Gasteiger partial charge in [0.15, 0.2) is 0 Å². The molecule has 0 radical (unpaired) electrons. The summed E-state index contributed by atoms with van der Waals surface area (Å²) in [7, 11) is 0. The number of rotatable bonds is 3. The fraction of sp³-hybridized carbons (Fsp3) is 0.462. The minimum Gasteiger partial charge on any atom is -0.338 e. The van der Waals surface area contributed by atoms with Crippen LogP contribution in [0.1, 0.15) is 18.4 Å². The summed E-state index contributed by atoms with van der Waals surface area (Å²) in [6.45, 7) is 1.39. The Bertz CT molecular complexity index is 408. The highest BCUT2D eigenvalue weighted by molar-refractivity contribution is 6.30. The molecule has 0 aliphatic carbocycles. The van der Waals surface area contributed by atoms with Crippen LogP contribution in [0.15, 0.2) is 24.3 Å². The molecule has 1 atom stereocenters. The Kier molecular flexibility index (Phi) is 4.02. The van der Waals surface area contributed by atoms with Crippen molar-refractivity contribution >= 4 is 17.5 Å². The van der Waals surface area contributed by atoms with Gasteiger partial charge in [-0.15, -0.1) is 0 Å². The van der Waals surface area contributed by atoms with Gasteiger partial charge in [-0.1, -0.05) is 23.7 Å². The highest BCUT2D eigenvalue weighted by Crippen LogP contribution is 2.18. The van der Waals surface area contributed by atoms with Crippen LogP contribution in [-0.4, -0.2) is 29.9 Å². The van der Waals surface area contributed by atoms with Crippen LogP contribution in [0.2, 0.25) is 5.02 Å². The molecule has 4 heteroatoms. The third kappa shape index (κ3) is 2.99. The largest absolute Gasteiger partial charge is 0.338 e. The molecule has 0 bridgehead atoms. The molecular weight excluding hydrogens is 236 g/mol. The van der Waals surface area contributed by atoms with Crippen molar-refractivity contribution in [3.63, 3.8) is 0 Å².